The summed E-state index contributed by atoms with van der Waals surface area (Å²) in [6, 6.07) is 5.62. The number of hydrogen-bond acceptors (Lipinski definition) is 3. The van der Waals surface area contributed by atoms with Gasteiger partial charge in [0.15, 0.2) is 5.65 Å². The van der Waals surface area contributed by atoms with Crippen LogP contribution in [0.5, 0.6) is 0 Å². The summed E-state index contributed by atoms with van der Waals surface area (Å²) in [5.74, 6) is 0. The van der Waals surface area contributed by atoms with Gasteiger partial charge in [-0.25, -0.2) is 0 Å². The molecular weight excluding hydrogens is 200 g/mol. The van der Waals surface area contributed by atoms with Crippen molar-refractivity contribution < 1.29 is 0 Å². The van der Waals surface area contributed by atoms with Crippen molar-refractivity contribution in [1.82, 2.24) is 19.6 Å². The lowest BCUT2D eigenvalue weighted by Gasteiger charge is -1.99. The number of pyridine rings is 2. The molecule has 0 spiro atoms. The second kappa shape index (κ2) is 2.65. The molecule has 0 saturated carbocycles. The number of halogens is 1. The van der Waals surface area contributed by atoms with Gasteiger partial charge in [-0.3, -0.25) is 9.38 Å². The van der Waals surface area contributed by atoms with Crippen molar-refractivity contribution in [2.45, 2.75) is 0 Å². The normalized spacial score (nSPS) is 11.2. The van der Waals surface area contributed by atoms with Gasteiger partial charge >= 0.3 is 0 Å². The molecule has 4 nitrogen and oxygen atoms in total. The highest BCUT2D eigenvalue weighted by Gasteiger charge is 2.02. The van der Waals surface area contributed by atoms with Crippen molar-refractivity contribution in [3.8, 4) is 0 Å². The number of fused-ring (bicyclic) bond motifs is 3. The molecule has 5 heteroatoms. The van der Waals surface area contributed by atoms with Crippen LogP contribution in [0.1, 0.15) is 0 Å². The third-order valence-corrected chi connectivity index (χ3v) is 2.29. The van der Waals surface area contributed by atoms with Gasteiger partial charge in [0.1, 0.15) is 6.33 Å². The Kier molecular flexibility index (Phi) is 1.46. The molecule has 0 aliphatic heterocycles. The van der Waals surface area contributed by atoms with Crippen LogP contribution in [0, 0.1) is 0 Å². The number of hydrogen-bond donors (Lipinski definition) is 0. The molecule has 0 saturated heterocycles. The topological polar surface area (TPSA) is 43.1 Å². The lowest BCUT2D eigenvalue weighted by atomic mass is 10.3. The second-order valence-corrected chi connectivity index (χ2v) is 3.39. The molecule has 0 atom stereocenters. The smallest absolute Gasteiger partial charge is 0.161 e. The van der Waals surface area contributed by atoms with E-state index in [1.165, 1.54) is 0 Å². The minimum atomic E-state index is 0.610. The Morgan fingerprint density at radius 1 is 1.29 bits per heavy atom. The highest BCUT2D eigenvalue weighted by Crippen LogP contribution is 2.17. The average molecular weight is 205 g/mol. The van der Waals surface area contributed by atoms with Crippen LogP contribution in [-0.4, -0.2) is 19.6 Å². The van der Waals surface area contributed by atoms with Gasteiger partial charge in [0.05, 0.1) is 16.1 Å². The molecule has 0 N–H and O–H groups in total. The van der Waals surface area contributed by atoms with Gasteiger partial charge in [0.2, 0.25) is 0 Å². The molecule has 68 valence electrons. The first-order valence-electron chi connectivity index (χ1n) is 4.08. The van der Waals surface area contributed by atoms with Gasteiger partial charge in [-0.15, -0.1) is 10.2 Å². The zero-order valence-electron chi connectivity index (χ0n) is 7.05. The monoisotopic (exact) mass is 204 g/mol. The number of nitrogens with zero attached hydrogens (tertiary/aromatic N) is 4. The molecule has 3 rings (SSSR count). The fraction of sp³-hybridized carbons (Fsp3) is 0. The van der Waals surface area contributed by atoms with Gasteiger partial charge in [-0.1, -0.05) is 11.6 Å². The second-order valence-electron chi connectivity index (χ2n) is 2.95. The van der Waals surface area contributed by atoms with Crippen LogP contribution in [0.4, 0.5) is 0 Å². The third kappa shape index (κ3) is 0.975. The van der Waals surface area contributed by atoms with E-state index < -0.39 is 0 Å². The third-order valence-electron chi connectivity index (χ3n) is 2.09. The van der Waals surface area contributed by atoms with Gasteiger partial charge < -0.3 is 0 Å². The minimum Gasteiger partial charge on any atom is -0.280 e. The molecule has 14 heavy (non-hydrogen) atoms. The maximum Gasteiger partial charge on any atom is 0.161 e. The van der Waals surface area contributed by atoms with Crippen LogP contribution < -0.4 is 0 Å². The van der Waals surface area contributed by atoms with Crippen molar-refractivity contribution in [1.29, 1.82) is 0 Å². The summed E-state index contributed by atoms with van der Waals surface area (Å²) >= 11 is 5.87. The first-order chi connectivity index (χ1) is 6.84. The van der Waals surface area contributed by atoms with Crippen molar-refractivity contribution in [3.05, 3.63) is 35.7 Å². The maximum absolute atomic E-state index is 5.87. The Balaban J connectivity index is 2.60. The first-order valence-corrected chi connectivity index (χ1v) is 4.46. The summed E-state index contributed by atoms with van der Waals surface area (Å²) in [6.07, 6.45) is 3.27. The maximum atomic E-state index is 5.87. The van der Waals surface area contributed by atoms with Crippen LogP contribution in [-0.2, 0) is 0 Å². The molecule has 0 fully saturated rings. The summed E-state index contributed by atoms with van der Waals surface area (Å²) in [7, 11) is 0. The summed E-state index contributed by atoms with van der Waals surface area (Å²) in [5, 5.41) is 8.37. The molecule has 0 bridgehead atoms. The highest BCUT2D eigenvalue weighted by molar-refractivity contribution is 6.31. The molecule has 0 unspecified atom stereocenters. The van der Waals surface area contributed by atoms with Crippen LogP contribution in [0.2, 0.25) is 5.02 Å². The zero-order valence-corrected chi connectivity index (χ0v) is 7.81. The Hall–Kier alpha value is -1.68. The van der Waals surface area contributed by atoms with E-state index >= 15 is 0 Å². The molecule has 0 amide bonds. The molecule has 0 aromatic carbocycles. The summed E-state index contributed by atoms with van der Waals surface area (Å²) < 4.78 is 1.86. The number of rotatable bonds is 0. The van der Waals surface area contributed by atoms with E-state index in [0.717, 1.165) is 16.7 Å². The van der Waals surface area contributed by atoms with Crippen LogP contribution >= 0.6 is 11.6 Å². The van der Waals surface area contributed by atoms with E-state index in [4.69, 9.17) is 11.6 Å². The van der Waals surface area contributed by atoms with E-state index in [9.17, 15) is 0 Å². The number of aromatic nitrogens is 4. The quantitative estimate of drug-likeness (QED) is 0.562. The molecule has 3 aromatic rings. The Morgan fingerprint density at radius 3 is 3.14 bits per heavy atom. The predicted molar refractivity (Wildman–Crippen MR) is 53.3 cm³/mol. The molecule has 3 aromatic heterocycles. The van der Waals surface area contributed by atoms with Crippen LogP contribution in [0.15, 0.2) is 30.7 Å². The van der Waals surface area contributed by atoms with Crippen molar-refractivity contribution >= 4 is 28.3 Å². The molecular formula is C9H5ClN4. The fourth-order valence-corrected chi connectivity index (χ4v) is 1.61. The van der Waals surface area contributed by atoms with Crippen LogP contribution in [0.3, 0.4) is 0 Å². The standard InChI is InChI=1S/C9H5ClN4/c10-6-3-8-7(11-4-6)1-2-9-13-12-5-14(8)9/h1-5H. The largest absolute Gasteiger partial charge is 0.280 e. The summed E-state index contributed by atoms with van der Waals surface area (Å²) in [5.41, 5.74) is 2.59. The molecule has 3 heterocycles. The summed E-state index contributed by atoms with van der Waals surface area (Å²) in [6.45, 7) is 0. The molecule has 0 aliphatic carbocycles. The van der Waals surface area contributed by atoms with E-state index in [2.05, 4.69) is 15.2 Å². The minimum absolute atomic E-state index is 0.610. The highest BCUT2D eigenvalue weighted by atomic mass is 35.5. The van der Waals surface area contributed by atoms with Crippen molar-refractivity contribution in [3.63, 3.8) is 0 Å². The Labute approximate surface area is 84.2 Å². The Bertz CT molecular complexity index is 616. The van der Waals surface area contributed by atoms with E-state index in [1.54, 1.807) is 12.5 Å². The van der Waals surface area contributed by atoms with Gasteiger partial charge in [-0.2, -0.15) is 0 Å². The lowest BCUT2D eigenvalue weighted by molar-refractivity contribution is 1.11. The SMILES string of the molecule is Clc1cnc2ccc3nncn3c2c1. The molecule has 0 aliphatic rings. The summed E-state index contributed by atoms with van der Waals surface area (Å²) in [4.78, 5) is 4.20. The van der Waals surface area contributed by atoms with Crippen molar-refractivity contribution in [2.75, 3.05) is 0 Å². The zero-order chi connectivity index (χ0) is 9.54. The van der Waals surface area contributed by atoms with E-state index in [1.807, 2.05) is 22.6 Å². The fourth-order valence-electron chi connectivity index (χ4n) is 1.46. The predicted octanol–water partition coefficient (Wildman–Crippen LogP) is 1.93. The van der Waals surface area contributed by atoms with Gasteiger partial charge in [-0.05, 0) is 18.2 Å². The van der Waals surface area contributed by atoms with Gasteiger partial charge in [0.25, 0.3) is 0 Å². The lowest BCUT2D eigenvalue weighted by Crippen LogP contribution is -1.88. The van der Waals surface area contributed by atoms with Gasteiger partial charge in [0, 0.05) is 6.20 Å². The van der Waals surface area contributed by atoms with Crippen molar-refractivity contribution in [2.24, 2.45) is 0 Å². The van der Waals surface area contributed by atoms with E-state index in [-0.39, 0.29) is 0 Å². The average Bonchev–Trinajstić information content (AvgIpc) is 2.65. The van der Waals surface area contributed by atoms with E-state index in [0.29, 0.717) is 5.02 Å². The first kappa shape index (κ1) is 7.70. The van der Waals surface area contributed by atoms with Crippen LogP contribution in [0.25, 0.3) is 16.7 Å². The molecule has 0 radical (unpaired) electrons. The Morgan fingerprint density at radius 2 is 2.21 bits per heavy atom.